The van der Waals surface area contributed by atoms with E-state index < -0.39 is 0 Å². The third-order valence-corrected chi connectivity index (χ3v) is 4.83. The Bertz CT molecular complexity index is 350. The summed E-state index contributed by atoms with van der Waals surface area (Å²) in [4.78, 5) is 6.54. The van der Waals surface area contributed by atoms with E-state index in [1.54, 1.807) is 0 Å². The third-order valence-electron chi connectivity index (χ3n) is 4.83. The Morgan fingerprint density at radius 1 is 0.958 bits per heavy atom. The van der Waals surface area contributed by atoms with Gasteiger partial charge in [-0.1, -0.05) is 64.0 Å². The van der Waals surface area contributed by atoms with E-state index in [0.717, 1.165) is 25.3 Å². The minimum absolute atomic E-state index is 0.386. The van der Waals surface area contributed by atoms with E-state index in [2.05, 4.69) is 24.1 Å². The SMILES string of the molecule is CCCCCCCC/C=C/CCCCCCC1=NCCN1C(C)O. The highest BCUT2D eigenvalue weighted by Gasteiger charge is 2.19. The molecule has 24 heavy (non-hydrogen) atoms. The molecule has 0 aromatic rings. The van der Waals surface area contributed by atoms with Crippen molar-refractivity contribution >= 4 is 5.84 Å². The highest BCUT2D eigenvalue weighted by atomic mass is 16.3. The van der Waals surface area contributed by atoms with E-state index in [-0.39, 0.29) is 6.23 Å². The fourth-order valence-electron chi connectivity index (χ4n) is 3.31. The van der Waals surface area contributed by atoms with E-state index in [0.29, 0.717) is 0 Å². The first-order valence-electron chi connectivity index (χ1n) is 10.4. The molecule has 140 valence electrons. The molecule has 0 spiro atoms. The molecule has 0 aromatic heterocycles. The predicted octanol–water partition coefficient (Wildman–Crippen LogP) is 5.69. The monoisotopic (exact) mass is 336 g/mol. The Labute approximate surface area is 150 Å². The smallest absolute Gasteiger partial charge is 0.125 e. The van der Waals surface area contributed by atoms with Gasteiger partial charge in [-0.25, -0.2) is 0 Å². The Morgan fingerprint density at radius 2 is 1.54 bits per heavy atom. The van der Waals surface area contributed by atoms with Gasteiger partial charge in [0.2, 0.25) is 0 Å². The first kappa shape index (κ1) is 21.2. The Morgan fingerprint density at radius 3 is 2.17 bits per heavy atom. The second kappa shape index (κ2) is 14.5. The molecule has 0 radical (unpaired) electrons. The minimum atomic E-state index is -0.386. The van der Waals surface area contributed by atoms with Gasteiger partial charge in [-0.2, -0.15) is 0 Å². The predicted molar refractivity (Wildman–Crippen MR) is 106 cm³/mol. The molecule has 1 heterocycles. The first-order chi connectivity index (χ1) is 11.8. The molecule has 1 rings (SSSR count). The molecule has 3 heteroatoms. The molecule has 1 aliphatic heterocycles. The van der Waals surface area contributed by atoms with E-state index in [4.69, 9.17) is 0 Å². The maximum Gasteiger partial charge on any atom is 0.125 e. The molecule has 0 aliphatic carbocycles. The average molecular weight is 337 g/mol. The molecule has 1 aliphatic rings. The zero-order valence-electron chi connectivity index (χ0n) is 16.2. The number of aliphatic imine (C=N–C) groups is 1. The minimum Gasteiger partial charge on any atom is -0.374 e. The lowest BCUT2D eigenvalue weighted by atomic mass is 10.1. The van der Waals surface area contributed by atoms with Crippen LogP contribution in [0.3, 0.4) is 0 Å². The largest absolute Gasteiger partial charge is 0.374 e. The number of hydrogen-bond donors (Lipinski definition) is 1. The van der Waals surface area contributed by atoms with Crippen LogP contribution in [-0.2, 0) is 0 Å². The number of aliphatic hydroxyl groups is 1. The van der Waals surface area contributed by atoms with E-state index in [1.165, 1.54) is 77.0 Å². The second-order valence-electron chi connectivity index (χ2n) is 7.10. The summed E-state index contributed by atoms with van der Waals surface area (Å²) in [6.07, 6.45) is 21.3. The molecular weight excluding hydrogens is 296 g/mol. The molecule has 0 saturated carbocycles. The van der Waals surface area contributed by atoms with E-state index >= 15 is 0 Å². The topological polar surface area (TPSA) is 35.8 Å². The van der Waals surface area contributed by atoms with Gasteiger partial charge >= 0.3 is 0 Å². The van der Waals surface area contributed by atoms with Gasteiger partial charge in [0.1, 0.15) is 12.1 Å². The standard InChI is InChI=1S/C21H40N2O/c1-3-4-5-6-7-8-9-10-11-12-13-14-15-16-17-21-22-18-19-23(21)20(2)24/h10-11,20,24H,3-9,12-19H2,1-2H3/b11-10+. The lowest BCUT2D eigenvalue weighted by Crippen LogP contribution is -2.35. The Kier molecular flexibility index (Phi) is 12.8. The lowest BCUT2D eigenvalue weighted by Gasteiger charge is -2.23. The number of rotatable bonds is 15. The fourth-order valence-corrected chi connectivity index (χ4v) is 3.31. The summed E-state index contributed by atoms with van der Waals surface area (Å²) < 4.78 is 0. The van der Waals surface area contributed by atoms with E-state index in [1.807, 2.05) is 11.8 Å². The van der Waals surface area contributed by atoms with Gasteiger partial charge < -0.3 is 10.0 Å². The van der Waals surface area contributed by atoms with Gasteiger partial charge in [0.25, 0.3) is 0 Å². The van der Waals surface area contributed by atoms with Crippen molar-refractivity contribution in [2.75, 3.05) is 13.1 Å². The summed E-state index contributed by atoms with van der Waals surface area (Å²) in [6.45, 7) is 5.84. The normalized spacial score (nSPS) is 16.1. The van der Waals surface area contributed by atoms with Gasteiger partial charge in [0, 0.05) is 13.0 Å². The van der Waals surface area contributed by atoms with Crippen molar-refractivity contribution in [2.24, 2.45) is 4.99 Å². The molecule has 0 fully saturated rings. The first-order valence-corrected chi connectivity index (χ1v) is 10.4. The van der Waals surface area contributed by atoms with Crippen LogP contribution in [0.15, 0.2) is 17.1 Å². The molecule has 0 saturated heterocycles. The van der Waals surface area contributed by atoms with Crippen LogP contribution in [0.1, 0.15) is 97.3 Å². The van der Waals surface area contributed by atoms with Crippen molar-refractivity contribution in [1.82, 2.24) is 4.90 Å². The zero-order valence-corrected chi connectivity index (χ0v) is 16.2. The number of nitrogens with zero attached hydrogens (tertiary/aromatic N) is 2. The van der Waals surface area contributed by atoms with Crippen LogP contribution in [0.25, 0.3) is 0 Å². The number of allylic oxidation sites excluding steroid dienone is 2. The maximum absolute atomic E-state index is 9.68. The van der Waals surface area contributed by atoms with E-state index in [9.17, 15) is 5.11 Å². The van der Waals surface area contributed by atoms with Crippen LogP contribution in [0.2, 0.25) is 0 Å². The summed E-state index contributed by atoms with van der Waals surface area (Å²) >= 11 is 0. The van der Waals surface area contributed by atoms with Gasteiger partial charge in [-0.05, 0) is 39.0 Å². The number of aliphatic hydroxyl groups excluding tert-OH is 1. The molecular formula is C21H40N2O. The molecule has 1 atom stereocenters. The summed E-state index contributed by atoms with van der Waals surface area (Å²) in [7, 11) is 0. The van der Waals surface area contributed by atoms with Crippen LogP contribution < -0.4 is 0 Å². The summed E-state index contributed by atoms with van der Waals surface area (Å²) in [6, 6.07) is 0. The Balaban J connectivity index is 1.86. The Hall–Kier alpha value is -0.830. The second-order valence-corrected chi connectivity index (χ2v) is 7.10. The summed E-state index contributed by atoms with van der Waals surface area (Å²) in [5.74, 6) is 1.11. The molecule has 3 nitrogen and oxygen atoms in total. The quantitative estimate of drug-likeness (QED) is 0.308. The van der Waals surface area contributed by atoms with Crippen molar-refractivity contribution in [2.45, 2.75) is 104 Å². The van der Waals surface area contributed by atoms with Crippen molar-refractivity contribution in [3.8, 4) is 0 Å². The number of amidine groups is 1. The van der Waals surface area contributed by atoms with Crippen molar-refractivity contribution < 1.29 is 5.11 Å². The van der Waals surface area contributed by atoms with Gasteiger partial charge in [-0.15, -0.1) is 0 Å². The number of unbranched alkanes of at least 4 members (excludes halogenated alkanes) is 10. The summed E-state index contributed by atoms with van der Waals surface area (Å²) in [5, 5.41) is 9.68. The van der Waals surface area contributed by atoms with Gasteiger partial charge in [0.15, 0.2) is 0 Å². The van der Waals surface area contributed by atoms with Crippen LogP contribution >= 0.6 is 0 Å². The molecule has 1 unspecified atom stereocenters. The molecule has 1 N–H and O–H groups in total. The lowest BCUT2D eigenvalue weighted by molar-refractivity contribution is 0.0766. The van der Waals surface area contributed by atoms with Crippen molar-refractivity contribution in [1.29, 1.82) is 0 Å². The highest BCUT2D eigenvalue weighted by molar-refractivity contribution is 5.83. The molecule has 0 aromatic carbocycles. The highest BCUT2D eigenvalue weighted by Crippen LogP contribution is 2.13. The van der Waals surface area contributed by atoms with Crippen molar-refractivity contribution in [3.63, 3.8) is 0 Å². The summed E-state index contributed by atoms with van der Waals surface area (Å²) in [5.41, 5.74) is 0. The fraction of sp³-hybridized carbons (Fsp3) is 0.857. The third kappa shape index (κ3) is 10.1. The van der Waals surface area contributed by atoms with Crippen LogP contribution in [-0.4, -0.2) is 35.2 Å². The van der Waals surface area contributed by atoms with Crippen LogP contribution in [0, 0.1) is 0 Å². The molecule has 0 bridgehead atoms. The van der Waals surface area contributed by atoms with Crippen LogP contribution in [0.4, 0.5) is 0 Å². The molecule has 0 amide bonds. The zero-order chi connectivity index (χ0) is 17.5. The average Bonchev–Trinajstić information content (AvgIpc) is 3.04. The van der Waals surface area contributed by atoms with Gasteiger partial charge in [0.05, 0.1) is 6.54 Å². The maximum atomic E-state index is 9.68. The van der Waals surface area contributed by atoms with Gasteiger partial charge in [-0.3, -0.25) is 4.99 Å². The van der Waals surface area contributed by atoms with Crippen LogP contribution in [0.5, 0.6) is 0 Å². The van der Waals surface area contributed by atoms with Crippen molar-refractivity contribution in [3.05, 3.63) is 12.2 Å². The number of hydrogen-bond acceptors (Lipinski definition) is 3.